The van der Waals surface area contributed by atoms with Crippen molar-refractivity contribution in [1.82, 2.24) is 24.6 Å². The van der Waals surface area contributed by atoms with E-state index in [1.807, 2.05) is 30.2 Å². The molecule has 2 N–H and O–H groups in total. The van der Waals surface area contributed by atoms with Gasteiger partial charge in [-0.2, -0.15) is 5.10 Å². The molecular formula is C26H34N6O2. The van der Waals surface area contributed by atoms with Crippen LogP contribution in [0.25, 0.3) is 22.0 Å². The molecule has 0 unspecified atom stereocenters. The highest BCUT2D eigenvalue weighted by Crippen LogP contribution is 2.30. The summed E-state index contributed by atoms with van der Waals surface area (Å²) in [6.45, 7) is 3.35. The first-order valence-corrected chi connectivity index (χ1v) is 12.5. The van der Waals surface area contributed by atoms with Crippen LogP contribution in [0, 0.1) is 11.8 Å². The van der Waals surface area contributed by atoms with Gasteiger partial charge < -0.3 is 10.4 Å². The van der Waals surface area contributed by atoms with E-state index in [-0.39, 0.29) is 18.4 Å². The summed E-state index contributed by atoms with van der Waals surface area (Å²) in [6, 6.07) is 3.99. The predicted octanol–water partition coefficient (Wildman–Crippen LogP) is 3.75. The fourth-order valence-electron chi connectivity index (χ4n) is 5.28. The van der Waals surface area contributed by atoms with Gasteiger partial charge in [-0.25, -0.2) is 4.98 Å². The minimum absolute atomic E-state index is 0.0129. The third-order valence-electron chi connectivity index (χ3n) is 7.49. The molecule has 3 aromatic rings. The number of hydrogen-bond donors (Lipinski definition) is 2. The number of likely N-dealkylation sites (tertiary alicyclic amines) is 1. The zero-order chi connectivity index (χ0) is 23.5. The molecule has 4 heterocycles. The van der Waals surface area contributed by atoms with Gasteiger partial charge in [0.05, 0.1) is 17.6 Å². The van der Waals surface area contributed by atoms with Gasteiger partial charge in [-0.05, 0) is 75.1 Å². The van der Waals surface area contributed by atoms with Crippen LogP contribution >= 0.6 is 0 Å². The van der Waals surface area contributed by atoms with Crippen LogP contribution in [0.5, 0.6) is 0 Å². The summed E-state index contributed by atoms with van der Waals surface area (Å²) in [4.78, 5) is 24.4. The highest BCUT2D eigenvalue weighted by Gasteiger charge is 2.26. The second-order valence-corrected chi connectivity index (χ2v) is 9.84. The van der Waals surface area contributed by atoms with Crippen molar-refractivity contribution in [2.75, 3.05) is 25.0 Å². The Balaban J connectivity index is 1.34. The van der Waals surface area contributed by atoms with Crippen LogP contribution in [0.15, 0.2) is 30.7 Å². The molecule has 0 aromatic carbocycles. The maximum atomic E-state index is 12.8. The highest BCUT2D eigenvalue weighted by atomic mass is 16.3. The quantitative estimate of drug-likeness (QED) is 0.579. The summed E-state index contributed by atoms with van der Waals surface area (Å²) in [5.41, 5.74) is 3.12. The van der Waals surface area contributed by atoms with E-state index in [2.05, 4.69) is 26.4 Å². The number of rotatable bonds is 6. The van der Waals surface area contributed by atoms with Crippen molar-refractivity contribution in [1.29, 1.82) is 0 Å². The van der Waals surface area contributed by atoms with E-state index in [1.54, 1.807) is 6.20 Å². The van der Waals surface area contributed by atoms with Crippen molar-refractivity contribution in [2.24, 2.45) is 18.9 Å². The van der Waals surface area contributed by atoms with Crippen LogP contribution in [-0.2, 0) is 18.4 Å². The third kappa shape index (κ3) is 4.98. The van der Waals surface area contributed by atoms with E-state index >= 15 is 0 Å². The van der Waals surface area contributed by atoms with Crippen molar-refractivity contribution in [3.8, 4) is 11.3 Å². The zero-order valence-corrected chi connectivity index (χ0v) is 19.9. The molecule has 1 aliphatic heterocycles. The second kappa shape index (κ2) is 10.2. The normalized spacial score (nSPS) is 21.6. The maximum absolute atomic E-state index is 12.8. The van der Waals surface area contributed by atoms with Gasteiger partial charge in [0.2, 0.25) is 5.91 Å². The van der Waals surface area contributed by atoms with Gasteiger partial charge in [0.1, 0.15) is 5.82 Å². The molecule has 1 saturated heterocycles. The van der Waals surface area contributed by atoms with Crippen LogP contribution in [-0.4, -0.2) is 55.4 Å². The number of aliphatic hydroxyl groups is 1. The molecule has 2 aliphatic rings. The highest BCUT2D eigenvalue weighted by molar-refractivity contribution is 5.94. The number of fused-ring (bicyclic) bond motifs is 1. The number of hydrogen-bond acceptors (Lipinski definition) is 6. The molecule has 0 spiro atoms. The summed E-state index contributed by atoms with van der Waals surface area (Å²) in [5, 5.41) is 18.8. The number of aromatic nitrogens is 4. The molecule has 34 heavy (non-hydrogen) atoms. The van der Waals surface area contributed by atoms with Gasteiger partial charge in [-0.1, -0.05) is 6.42 Å². The minimum Gasteiger partial charge on any atom is -0.396 e. The molecular weight excluding hydrogens is 428 g/mol. The van der Waals surface area contributed by atoms with E-state index in [9.17, 15) is 9.90 Å². The first kappa shape index (κ1) is 22.9. The van der Waals surface area contributed by atoms with E-state index in [0.717, 1.165) is 67.3 Å². The molecule has 1 saturated carbocycles. The van der Waals surface area contributed by atoms with Crippen LogP contribution < -0.4 is 5.32 Å². The van der Waals surface area contributed by atoms with Crippen molar-refractivity contribution in [2.45, 2.75) is 51.5 Å². The summed E-state index contributed by atoms with van der Waals surface area (Å²) in [7, 11) is 2.00. The monoisotopic (exact) mass is 462 g/mol. The van der Waals surface area contributed by atoms with E-state index in [1.165, 1.54) is 25.0 Å². The van der Waals surface area contributed by atoms with Gasteiger partial charge in [0, 0.05) is 49.5 Å². The van der Waals surface area contributed by atoms with Crippen molar-refractivity contribution < 1.29 is 9.90 Å². The lowest BCUT2D eigenvalue weighted by molar-refractivity contribution is -0.121. The molecule has 5 rings (SSSR count). The number of piperidine rings is 1. The number of nitrogens with zero attached hydrogens (tertiary/aromatic N) is 5. The standard InChI is InChI=1S/C26H34N6O2/c1-31-24(16-32-9-3-2-4-10-32)22(15-29-31)23-11-20-12-25(28-14-21(20)13-27-23)30-26(34)19-7-5-18(17-33)6-8-19/h11-15,18-19,33H,2-10,16-17H2,1H3,(H,28,30,34). The molecule has 8 nitrogen and oxygen atoms in total. The molecule has 1 aliphatic carbocycles. The number of aliphatic hydroxyl groups excluding tert-OH is 1. The fourth-order valence-corrected chi connectivity index (χ4v) is 5.28. The molecule has 1 amide bonds. The molecule has 0 atom stereocenters. The second-order valence-electron chi connectivity index (χ2n) is 9.84. The molecule has 0 bridgehead atoms. The number of carbonyl (C=O) groups excluding carboxylic acids is 1. The van der Waals surface area contributed by atoms with Crippen LogP contribution in [0.2, 0.25) is 0 Å². The lowest BCUT2D eigenvalue weighted by Gasteiger charge is -2.26. The first-order chi connectivity index (χ1) is 16.6. The van der Waals surface area contributed by atoms with Crippen LogP contribution in [0.3, 0.4) is 0 Å². The number of amides is 1. The average molecular weight is 463 g/mol. The molecule has 180 valence electrons. The fraction of sp³-hybridized carbons (Fsp3) is 0.538. The van der Waals surface area contributed by atoms with E-state index in [0.29, 0.717) is 11.7 Å². The lowest BCUT2D eigenvalue weighted by atomic mass is 9.82. The Morgan fingerprint density at radius 2 is 1.79 bits per heavy atom. The van der Waals surface area contributed by atoms with Gasteiger partial charge in [-0.15, -0.1) is 0 Å². The smallest absolute Gasteiger partial charge is 0.228 e. The Labute approximate surface area is 200 Å². The zero-order valence-electron chi connectivity index (χ0n) is 19.9. The average Bonchev–Trinajstić information content (AvgIpc) is 3.24. The van der Waals surface area contributed by atoms with Gasteiger partial charge in [0.25, 0.3) is 0 Å². The van der Waals surface area contributed by atoms with E-state index in [4.69, 9.17) is 4.98 Å². The summed E-state index contributed by atoms with van der Waals surface area (Å²) in [5.74, 6) is 0.911. The Morgan fingerprint density at radius 1 is 1.03 bits per heavy atom. The summed E-state index contributed by atoms with van der Waals surface area (Å²) >= 11 is 0. The van der Waals surface area contributed by atoms with Gasteiger partial charge in [0.15, 0.2) is 0 Å². The topological polar surface area (TPSA) is 96.2 Å². The number of aryl methyl sites for hydroxylation is 1. The SMILES string of the molecule is Cn1ncc(-c2cc3cc(NC(=O)C4CCC(CO)CC4)ncc3cn2)c1CN1CCCCC1. The predicted molar refractivity (Wildman–Crippen MR) is 132 cm³/mol. The first-order valence-electron chi connectivity index (χ1n) is 12.5. The Morgan fingerprint density at radius 3 is 2.56 bits per heavy atom. The lowest BCUT2D eigenvalue weighted by Crippen LogP contribution is -2.30. The summed E-state index contributed by atoms with van der Waals surface area (Å²) in [6.07, 6.45) is 12.8. The molecule has 3 aromatic heterocycles. The number of pyridine rings is 2. The number of nitrogens with one attached hydrogen (secondary N) is 1. The van der Waals surface area contributed by atoms with Crippen LogP contribution in [0.4, 0.5) is 5.82 Å². The number of carbonyl (C=O) groups is 1. The third-order valence-corrected chi connectivity index (χ3v) is 7.49. The van der Waals surface area contributed by atoms with Gasteiger partial charge in [-0.3, -0.25) is 19.4 Å². The number of anilines is 1. The minimum atomic E-state index is -0.0129. The van der Waals surface area contributed by atoms with Gasteiger partial charge >= 0.3 is 0 Å². The van der Waals surface area contributed by atoms with Crippen LogP contribution in [0.1, 0.15) is 50.6 Å². The van der Waals surface area contributed by atoms with Crippen molar-refractivity contribution >= 4 is 22.5 Å². The Bertz CT molecular complexity index is 1150. The molecule has 8 heteroatoms. The molecule has 0 radical (unpaired) electrons. The van der Waals surface area contributed by atoms with E-state index < -0.39 is 0 Å². The maximum Gasteiger partial charge on any atom is 0.228 e. The Hall–Kier alpha value is -2.84. The molecule has 2 fully saturated rings. The largest absolute Gasteiger partial charge is 0.396 e. The van der Waals surface area contributed by atoms with Crippen molar-refractivity contribution in [3.05, 3.63) is 36.4 Å². The van der Waals surface area contributed by atoms with Crippen molar-refractivity contribution in [3.63, 3.8) is 0 Å². The Kier molecular flexibility index (Phi) is 6.87. The summed E-state index contributed by atoms with van der Waals surface area (Å²) < 4.78 is 1.96.